The fourth-order valence-corrected chi connectivity index (χ4v) is 0.311. The lowest BCUT2D eigenvalue weighted by molar-refractivity contribution is -0.108. The predicted octanol–water partition coefficient (Wildman–Crippen LogP) is 1.55. The van der Waals surface area contributed by atoms with Crippen LogP contribution in [0.4, 0.5) is 0 Å². The number of nitrogens with zero attached hydrogens (tertiary/aromatic N) is 2. The fourth-order valence-electron chi connectivity index (χ4n) is 0.311. The third-order valence-electron chi connectivity index (χ3n) is 0.694. The van der Waals surface area contributed by atoms with Gasteiger partial charge in [-0.1, -0.05) is 19.0 Å². The van der Waals surface area contributed by atoms with Gasteiger partial charge in [0.15, 0.2) is 0 Å². The molecule has 0 heterocycles. The third kappa shape index (κ3) is 59.9. The largest absolute Gasteiger partial charge is 0.309 e. The van der Waals surface area contributed by atoms with Crippen LogP contribution >= 0.6 is 0 Å². The van der Waals surface area contributed by atoms with Gasteiger partial charge < -0.3 is 9.69 Å². The van der Waals surface area contributed by atoms with E-state index in [1.807, 2.05) is 32.8 Å². The SMILES string of the molecule is CC.CN(C)CCC=O.CN=O. The molecule has 0 aliphatic heterocycles. The number of carbonyl (C=O) groups is 1. The number of hydrogen-bond acceptors (Lipinski definition) is 4. The Morgan fingerprint density at radius 1 is 1.33 bits per heavy atom. The van der Waals surface area contributed by atoms with Crippen LogP contribution in [-0.4, -0.2) is 38.9 Å². The molecule has 0 unspecified atom stereocenters. The third-order valence-corrected chi connectivity index (χ3v) is 0.694. The van der Waals surface area contributed by atoms with Gasteiger partial charge in [-0.25, -0.2) is 0 Å². The van der Waals surface area contributed by atoms with Crippen LogP contribution in [0.1, 0.15) is 20.3 Å². The van der Waals surface area contributed by atoms with E-state index in [9.17, 15) is 4.79 Å². The summed E-state index contributed by atoms with van der Waals surface area (Å²) in [6.45, 7) is 4.86. The van der Waals surface area contributed by atoms with Crippen molar-refractivity contribution in [1.29, 1.82) is 0 Å². The van der Waals surface area contributed by atoms with Gasteiger partial charge in [-0.2, -0.15) is 4.91 Å². The van der Waals surface area contributed by atoms with Gasteiger partial charge in [-0.05, 0) is 14.1 Å². The molecular formula is C8H20N2O2. The number of hydrogen-bond donors (Lipinski definition) is 0. The minimum atomic E-state index is 0.646. The highest BCUT2D eigenvalue weighted by Crippen LogP contribution is 1.74. The van der Waals surface area contributed by atoms with E-state index in [1.165, 1.54) is 7.05 Å². The Hall–Kier alpha value is -0.770. The standard InChI is InChI=1S/C5H11NO.C2H6.CH3NO/c1-6(2)4-3-5-7;1-2;1-2-3/h5H,3-4H2,1-2H3;1-2H3;1H3. The van der Waals surface area contributed by atoms with Crippen LogP contribution in [-0.2, 0) is 4.79 Å². The highest BCUT2D eigenvalue weighted by molar-refractivity contribution is 5.49. The molecule has 0 N–H and O–H groups in total. The Balaban J connectivity index is -0.000000137. The molecule has 0 atom stereocenters. The highest BCUT2D eigenvalue weighted by Gasteiger charge is 1.83. The molecule has 0 saturated heterocycles. The predicted molar refractivity (Wildman–Crippen MR) is 52.3 cm³/mol. The average molecular weight is 176 g/mol. The van der Waals surface area contributed by atoms with Crippen LogP contribution in [0, 0.1) is 4.91 Å². The Morgan fingerprint density at radius 3 is 1.75 bits per heavy atom. The summed E-state index contributed by atoms with van der Waals surface area (Å²) in [4.78, 5) is 20.2. The van der Waals surface area contributed by atoms with Gasteiger partial charge in [0.05, 0.1) is 7.05 Å². The van der Waals surface area contributed by atoms with Crippen molar-refractivity contribution in [3.05, 3.63) is 4.91 Å². The first-order valence-electron chi connectivity index (χ1n) is 3.98. The van der Waals surface area contributed by atoms with E-state index >= 15 is 0 Å². The summed E-state index contributed by atoms with van der Waals surface area (Å²) in [6.07, 6.45) is 1.58. The maximum absolute atomic E-state index is 9.68. The van der Waals surface area contributed by atoms with Gasteiger partial charge in [0.2, 0.25) is 0 Å². The highest BCUT2D eigenvalue weighted by atomic mass is 16.2. The summed E-state index contributed by atoms with van der Waals surface area (Å²) in [5, 5.41) is 2.25. The van der Waals surface area contributed by atoms with E-state index in [0.29, 0.717) is 6.42 Å². The van der Waals surface area contributed by atoms with E-state index in [1.54, 1.807) is 0 Å². The van der Waals surface area contributed by atoms with Gasteiger partial charge in [-0.15, -0.1) is 0 Å². The first-order chi connectivity index (χ1) is 5.68. The van der Waals surface area contributed by atoms with Gasteiger partial charge in [0, 0.05) is 13.0 Å². The zero-order chi connectivity index (χ0) is 10.4. The minimum Gasteiger partial charge on any atom is -0.309 e. The molecular weight excluding hydrogens is 156 g/mol. The molecule has 0 spiro atoms. The quantitative estimate of drug-likeness (QED) is 0.484. The molecule has 0 aromatic rings. The van der Waals surface area contributed by atoms with Crippen LogP contribution in [0.25, 0.3) is 0 Å². The van der Waals surface area contributed by atoms with E-state index in [0.717, 1.165) is 12.8 Å². The lowest BCUT2D eigenvalue weighted by Gasteiger charge is -2.03. The molecule has 74 valence electrons. The number of nitroso groups, excluding NO2 is 1. The minimum absolute atomic E-state index is 0.646. The molecule has 0 bridgehead atoms. The van der Waals surface area contributed by atoms with Crippen LogP contribution in [0.2, 0.25) is 0 Å². The van der Waals surface area contributed by atoms with Gasteiger partial charge in [0.1, 0.15) is 6.29 Å². The molecule has 12 heavy (non-hydrogen) atoms. The van der Waals surface area contributed by atoms with Crippen molar-refractivity contribution >= 4 is 6.29 Å². The molecule has 0 aromatic carbocycles. The summed E-state index contributed by atoms with van der Waals surface area (Å²) in [7, 11) is 5.09. The van der Waals surface area contributed by atoms with Crippen LogP contribution in [0.3, 0.4) is 0 Å². The normalized spacial score (nSPS) is 7.17. The summed E-state index contributed by atoms with van der Waals surface area (Å²) < 4.78 is 0. The van der Waals surface area contributed by atoms with Gasteiger partial charge >= 0.3 is 0 Å². The zero-order valence-corrected chi connectivity index (χ0v) is 8.70. The Kier molecular flexibility index (Phi) is 32.5. The summed E-state index contributed by atoms with van der Waals surface area (Å²) in [5.41, 5.74) is 0. The molecule has 4 nitrogen and oxygen atoms in total. The van der Waals surface area contributed by atoms with Crippen molar-refractivity contribution in [3.63, 3.8) is 0 Å². The van der Waals surface area contributed by atoms with Crippen molar-refractivity contribution in [2.75, 3.05) is 27.7 Å². The van der Waals surface area contributed by atoms with E-state index in [4.69, 9.17) is 4.91 Å². The van der Waals surface area contributed by atoms with Crippen molar-refractivity contribution in [2.45, 2.75) is 20.3 Å². The smallest absolute Gasteiger partial charge is 0.121 e. The first-order valence-corrected chi connectivity index (χ1v) is 3.98. The molecule has 0 radical (unpaired) electrons. The van der Waals surface area contributed by atoms with E-state index in [-0.39, 0.29) is 0 Å². The Morgan fingerprint density at radius 2 is 1.67 bits per heavy atom. The van der Waals surface area contributed by atoms with Crippen molar-refractivity contribution in [1.82, 2.24) is 4.90 Å². The lowest BCUT2D eigenvalue weighted by Crippen LogP contribution is -2.12. The Labute approximate surface area is 74.9 Å². The van der Waals surface area contributed by atoms with Crippen LogP contribution in [0.15, 0.2) is 5.18 Å². The summed E-state index contributed by atoms with van der Waals surface area (Å²) >= 11 is 0. The van der Waals surface area contributed by atoms with Gasteiger partial charge in [0.25, 0.3) is 0 Å². The molecule has 0 aromatic heterocycles. The molecule has 0 saturated carbocycles. The van der Waals surface area contributed by atoms with E-state index in [2.05, 4.69) is 5.18 Å². The lowest BCUT2D eigenvalue weighted by atomic mass is 10.4. The zero-order valence-electron chi connectivity index (χ0n) is 8.70. The van der Waals surface area contributed by atoms with Crippen LogP contribution < -0.4 is 0 Å². The summed E-state index contributed by atoms with van der Waals surface area (Å²) in [5.74, 6) is 0. The second-order valence-corrected chi connectivity index (χ2v) is 1.94. The number of rotatable bonds is 3. The number of aldehydes is 1. The van der Waals surface area contributed by atoms with Gasteiger partial charge in [-0.3, -0.25) is 0 Å². The average Bonchev–Trinajstić information content (AvgIpc) is 2.06. The molecule has 0 fully saturated rings. The second kappa shape index (κ2) is 22.5. The van der Waals surface area contributed by atoms with Crippen molar-refractivity contribution in [2.24, 2.45) is 5.18 Å². The van der Waals surface area contributed by atoms with Crippen LogP contribution in [0.5, 0.6) is 0 Å². The molecule has 0 aliphatic rings. The maximum Gasteiger partial charge on any atom is 0.121 e. The monoisotopic (exact) mass is 176 g/mol. The molecule has 0 amide bonds. The maximum atomic E-state index is 9.68. The van der Waals surface area contributed by atoms with E-state index < -0.39 is 0 Å². The topological polar surface area (TPSA) is 49.7 Å². The molecule has 0 rings (SSSR count). The number of carbonyl (C=O) groups excluding carboxylic acids is 1. The molecule has 0 aliphatic carbocycles. The van der Waals surface area contributed by atoms with Crippen molar-refractivity contribution in [3.8, 4) is 0 Å². The first kappa shape index (κ1) is 17.4. The fraction of sp³-hybridized carbons (Fsp3) is 0.875. The summed E-state index contributed by atoms with van der Waals surface area (Å²) in [6, 6.07) is 0. The molecule has 4 heteroatoms. The van der Waals surface area contributed by atoms with Crippen molar-refractivity contribution < 1.29 is 4.79 Å². The Bertz CT molecular complexity index is 85.1. The second-order valence-electron chi connectivity index (χ2n) is 1.94.